The number of carbonyl (C=O) groups excluding carboxylic acids is 1. The lowest BCUT2D eigenvalue weighted by Crippen LogP contribution is -2.11. The van der Waals surface area contributed by atoms with Gasteiger partial charge in [-0.3, -0.25) is 9.00 Å². The average Bonchev–Trinajstić information content (AvgIpc) is 2.75. The molecule has 1 atom stereocenters. The molecule has 0 bridgehead atoms. The third-order valence-electron chi connectivity index (χ3n) is 2.72. The van der Waals surface area contributed by atoms with Crippen LogP contribution in [0.3, 0.4) is 0 Å². The minimum atomic E-state index is -1.14. The van der Waals surface area contributed by atoms with Crippen molar-refractivity contribution in [2.75, 3.05) is 5.75 Å². The van der Waals surface area contributed by atoms with Gasteiger partial charge in [-0.25, -0.2) is 0 Å². The fourth-order valence-corrected chi connectivity index (χ4v) is 3.84. The highest BCUT2D eigenvalue weighted by atomic mass is 32.2. The van der Waals surface area contributed by atoms with Crippen molar-refractivity contribution >= 4 is 27.9 Å². The number of Topliss-reactive ketones (excluding diaryl/α,β-unsaturated/α-hetero) is 1. The molecule has 0 N–H and O–H groups in total. The van der Waals surface area contributed by atoms with Gasteiger partial charge in [0.2, 0.25) is 0 Å². The molecule has 0 radical (unpaired) electrons. The van der Waals surface area contributed by atoms with Gasteiger partial charge in [0.05, 0.1) is 10.6 Å². The highest BCUT2D eigenvalue weighted by Gasteiger charge is 2.12. The number of rotatable bonds is 5. The van der Waals surface area contributed by atoms with Crippen molar-refractivity contribution in [2.24, 2.45) is 0 Å². The van der Waals surface area contributed by atoms with Gasteiger partial charge in [-0.15, -0.1) is 11.3 Å². The number of carbonyl (C=O) groups is 1. The SMILES string of the molecule is Cc1cccc(CS(=O)CC(=O)c2ccc(C)s2)c1. The van der Waals surface area contributed by atoms with Crippen molar-refractivity contribution in [3.63, 3.8) is 0 Å². The minimum absolute atomic E-state index is 0.0240. The number of thiophene rings is 1. The second-order valence-electron chi connectivity index (χ2n) is 4.55. The molecule has 2 nitrogen and oxygen atoms in total. The molecule has 0 aliphatic rings. The van der Waals surface area contributed by atoms with Crippen LogP contribution in [-0.4, -0.2) is 15.7 Å². The molecule has 0 saturated carbocycles. The quantitative estimate of drug-likeness (QED) is 0.790. The molecule has 0 amide bonds. The molecular formula is C15H16O2S2. The Morgan fingerprint density at radius 2 is 2.00 bits per heavy atom. The Balaban J connectivity index is 1.96. The first-order chi connectivity index (χ1) is 9.04. The molecule has 0 saturated heterocycles. The molecule has 19 heavy (non-hydrogen) atoms. The number of hydrogen-bond donors (Lipinski definition) is 0. The summed E-state index contributed by atoms with van der Waals surface area (Å²) in [5.41, 5.74) is 2.17. The number of ketones is 1. The second kappa shape index (κ2) is 6.26. The van der Waals surface area contributed by atoms with E-state index in [9.17, 15) is 9.00 Å². The van der Waals surface area contributed by atoms with E-state index in [1.165, 1.54) is 11.3 Å². The first kappa shape index (κ1) is 14.2. The normalized spacial score (nSPS) is 12.3. The van der Waals surface area contributed by atoms with E-state index in [0.717, 1.165) is 16.0 Å². The van der Waals surface area contributed by atoms with Crippen LogP contribution in [0, 0.1) is 13.8 Å². The van der Waals surface area contributed by atoms with Gasteiger partial charge in [-0.1, -0.05) is 29.8 Å². The fourth-order valence-electron chi connectivity index (χ4n) is 1.84. The topological polar surface area (TPSA) is 34.1 Å². The van der Waals surface area contributed by atoms with Crippen molar-refractivity contribution in [1.29, 1.82) is 0 Å². The lowest BCUT2D eigenvalue weighted by Gasteiger charge is -2.02. The molecule has 2 aromatic rings. The van der Waals surface area contributed by atoms with Crippen LogP contribution in [0.1, 0.15) is 25.7 Å². The molecule has 0 spiro atoms. The summed E-state index contributed by atoms with van der Waals surface area (Å²) >= 11 is 1.46. The predicted molar refractivity (Wildman–Crippen MR) is 81.3 cm³/mol. The molecule has 1 unspecified atom stereocenters. The summed E-state index contributed by atoms with van der Waals surface area (Å²) in [6.07, 6.45) is 0. The Bertz CT molecular complexity index is 614. The van der Waals surface area contributed by atoms with E-state index in [1.807, 2.05) is 50.2 Å². The molecular weight excluding hydrogens is 276 g/mol. The maximum Gasteiger partial charge on any atom is 0.185 e. The van der Waals surface area contributed by atoms with Gasteiger partial charge in [0, 0.05) is 21.4 Å². The predicted octanol–water partition coefficient (Wildman–Crippen LogP) is 3.50. The van der Waals surface area contributed by atoms with Crippen LogP contribution in [0.2, 0.25) is 0 Å². The maximum absolute atomic E-state index is 12.0. The lowest BCUT2D eigenvalue weighted by atomic mass is 10.2. The van der Waals surface area contributed by atoms with Crippen LogP contribution in [0.25, 0.3) is 0 Å². The third kappa shape index (κ3) is 4.11. The highest BCUT2D eigenvalue weighted by molar-refractivity contribution is 7.85. The number of benzene rings is 1. The number of hydrogen-bond acceptors (Lipinski definition) is 3. The number of aryl methyl sites for hydroxylation is 2. The molecule has 1 aromatic heterocycles. The summed E-state index contributed by atoms with van der Waals surface area (Å²) < 4.78 is 12.0. The Hall–Kier alpha value is -1.26. The van der Waals surface area contributed by atoms with E-state index in [4.69, 9.17) is 0 Å². The van der Waals surface area contributed by atoms with E-state index in [-0.39, 0.29) is 11.5 Å². The van der Waals surface area contributed by atoms with Gasteiger partial charge in [0.25, 0.3) is 0 Å². The zero-order valence-electron chi connectivity index (χ0n) is 11.0. The fraction of sp³-hybridized carbons (Fsp3) is 0.267. The summed E-state index contributed by atoms with van der Waals surface area (Å²) in [5.74, 6) is 0.523. The van der Waals surface area contributed by atoms with E-state index in [2.05, 4.69) is 0 Å². The third-order valence-corrected chi connectivity index (χ3v) is 5.00. The van der Waals surface area contributed by atoms with E-state index in [0.29, 0.717) is 10.6 Å². The van der Waals surface area contributed by atoms with E-state index >= 15 is 0 Å². The van der Waals surface area contributed by atoms with Gasteiger partial charge in [-0.2, -0.15) is 0 Å². The molecule has 100 valence electrons. The standard InChI is InChI=1S/C15H16O2S2/c1-11-4-3-5-13(8-11)9-19(17)10-14(16)15-7-6-12(2)18-15/h3-8H,9-10H2,1-2H3. The van der Waals surface area contributed by atoms with Crippen molar-refractivity contribution < 1.29 is 9.00 Å². The monoisotopic (exact) mass is 292 g/mol. The first-order valence-electron chi connectivity index (χ1n) is 6.05. The van der Waals surface area contributed by atoms with Crippen LogP contribution in [0.4, 0.5) is 0 Å². The zero-order valence-corrected chi connectivity index (χ0v) is 12.6. The average molecular weight is 292 g/mol. The Kier molecular flexibility index (Phi) is 4.66. The highest BCUT2D eigenvalue weighted by Crippen LogP contribution is 2.16. The lowest BCUT2D eigenvalue weighted by molar-refractivity contribution is 0.102. The van der Waals surface area contributed by atoms with Crippen LogP contribution in [-0.2, 0) is 16.6 Å². The van der Waals surface area contributed by atoms with Crippen LogP contribution in [0.5, 0.6) is 0 Å². The molecule has 2 rings (SSSR count). The van der Waals surface area contributed by atoms with Gasteiger partial charge < -0.3 is 0 Å². The zero-order chi connectivity index (χ0) is 13.8. The smallest absolute Gasteiger partial charge is 0.185 e. The summed E-state index contributed by atoms with van der Waals surface area (Å²) in [7, 11) is -1.14. The van der Waals surface area contributed by atoms with Crippen molar-refractivity contribution in [3.8, 4) is 0 Å². The summed E-state index contributed by atoms with van der Waals surface area (Å²) in [6, 6.07) is 11.6. The van der Waals surface area contributed by atoms with Gasteiger partial charge in [0.1, 0.15) is 0 Å². The van der Waals surface area contributed by atoms with Gasteiger partial charge in [-0.05, 0) is 31.5 Å². The molecule has 1 aromatic carbocycles. The van der Waals surface area contributed by atoms with Crippen LogP contribution >= 0.6 is 11.3 Å². The molecule has 0 aliphatic carbocycles. The Morgan fingerprint density at radius 1 is 1.21 bits per heavy atom. The summed E-state index contributed by atoms with van der Waals surface area (Å²) in [6.45, 7) is 3.97. The first-order valence-corrected chi connectivity index (χ1v) is 8.35. The Labute approximate surface area is 119 Å². The summed E-state index contributed by atoms with van der Waals surface area (Å²) in [5, 5.41) is 0. The van der Waals surface area contributed by atoms with Crippen molar-refractivity contribution in [2.45, 2.75) is 19.6 Å². The van der Waals surface area contributed by atoms with Crippen molar-refractivity contribution in [3.05, 3.63) is 57.3 Å². The second-order valence-corrected chi connectivity index (χ2v) is 7.30. The molecule has 4 heteroatoms. The van der Waals surface area contributed by atoms with Crippen LogP contribution < -0.4 is 0 Å². The molecule has 0 aliphatic heterocycles. The van der Waals surface area contributed by atoms with E-state index in [1.54, 1.807) is 0 Å². The largest absolute Gasteiger partial charge is 0.292 e. The molecule has 1 heterocycles. The van der Waals surface area contributed by atoms with Gasteiger partial charge >= 0.3 is 0 Å². The van der Waals surface area contributed by atoms with Crippen molar-refractivity contribution in [1.82, 2.24) is 0 Å². The minimum Gasteiger partial charge on any atom is -0.292 e. The van der Waals surface area contributed by atoms with E-state index < -0.39 is 10.8 Å². The maximum atomic E-state index is 12.0. The Morgan fingerprint density at radius 3 is 2.63 bits per heavy atom. The van der Waals surface area contributed by atoms with Crippen LogP contribution in [0.15, 0.2) is 36.4 Å². The molecule has 0 fully saturated rings. The van der Waals surface area contributed by atoms with Gasteiger partial charge in [0.15, 0.2) is 5.78 Å². The summed E-state index contributed by atoms with van der Waals surface area (Å²) in [4.78, 5) is 13.8.